The Kier molecular flexibility index (Phi) is 7.40. The average Bonchev–Trinajstić information content (AvgIpc) is 3.41. The fourth-order valence-electron chi connectivity index (χ4n) is 5.84. The summed E-state index contributed by atoms with van der Waals surface area (Å²) in [6.07, 6.45) is -1.08. The highest BCUT2D eigenvalue weighted by molar-refractivity contribution is 5.79. The van der Waals surface area contributed by atoms with E-state index in [0.29, 0.717) is 42.0 Å². The Balaban J connectivity index is 1.25. The predicted molar refractivity (Wildman–Crippen MR) is 150 cm³/mol. The highest BCUT2D eigenvalue weighted by Gasteiger charge is 2.38. The minimum absolute atomic E-state index is 0.0472. The largest absolute Gasteiger partial charge is 0.467 e. The minimum atomic E-state index is -4.49. The lowest BCUT2D eigenvalue weighted by Gasteiger charge is -2.43. The van der Waals surface area contributed by atoms with Gasteiger partial charge >= 0.3 is 18.2 Å². The number of carbonyl (C=O) groups excluding carboxylic acids is 1. The van der Waals surface area contributed by atoms with Gasteiger partial charge in [0.05, 0.1) is 26.1 Å². The SMILES string of the molecule is COc1nc(OC)nc(N2CCc3c(C(F)(F)F)ccc(N4CCN(C(=O)Cn5cnc6cccnc65)C(C)C4)c3C2)n1. The van der Waals surface area contributed by atoms with Crippen LogP contribution in [0, 0.1) is 0 Å². The van der Waals surface area contributed by atoms with E-state index in [0.717, 1.165) is 6.07 Å². The van der Waals surface area contributed by atoms with E-state index in [2.05, 4.69) is 29.8 Å². The molecule has 43 heavy (non-hydrogen) atoms. The van der Waals surface area contributed by atoms with Crippen LogP contribution in [-0.4, -0.2) is 86.7 Å². The van der Waals surface area contributed by atoms with E-state index in [1.54, 1.807) is 33.0 Å². The van der Waals surface area contributed by atoms with Crippen molar-refractivity contribution in [1.82, 2.24) is 34.4 Å². The molecule has 1 unspecified atom stereocenters. The van der Waals surface area contributed by atoms with Crippen LogP contribution in [0.25, 0.3) is 11.2 Å². The monoisotopic (exact) mass is 597 g/mol. The number of ether oxygens (including phenoxy) is 2. The Bertz CT molecular complexity index is 1640. The summed E-state index contributed by atoms with van der Waals surface area (Å²) in [4.78, 5) is 40.3. The Morgan fingerprint density at radius 1 is 0.977 bits per heavy atom. The van der Waals surface area contributed by atoms with Crippen LogP contribution in [0.2, 0.25) is 0 Å². The second-order valence-corrected chi connectivity index (χ2v) is 10.5. The average molecular weight is 598 g/mol. The second-order valence-electron chi connectivity index (χ2n) is 10.5. The quantitative estimate of drug-likeness (QED) is 0.329. The van der Waals surface area contributed by atoms with Crippen LogP contribution in [-0.2, 0) is 30.5 Å². The van der Waals surface area contributed by atoms with E-state index in [1.807, 2.05) is 13.0 Å². The maximum absolute atomic E-state index is 14.1. The molecule has 12 nitrogen and oxygen atoms in total. The number of halogens is 3. The van der Waals surface area contributed by atoms with Gasteiger partial charge in [-0.25, -0.2) is 9.97 Å². The fourth-order valence-corrected chi connectivity index (χ4v) is 5.84. The number of alkyl halides is 3. The fraction of sp³-hybridized carbons (Fsp3) is 0.429. The van der Waals surface area contributed by atoms with Gasteiger partial charge < -0.3 is 28.7 Å². The van der Waals surface area contributed by atoms with Gasteiger partial charge in [-0.15, -0.1) is 4.98 Å². The summed E-state index contributed by atoms with van der Waals surface area (Å²) in [5.41, 5.74) is 2.23. The second kappa shape index (κ2) is 11.2. The molecular weight excluding hydrogens is 567 g/mol. The third kappa shape index (κ3) is 5.46. The Hall–Kier alpha value is -4.69. The first-order chi connectivity index (χ1) is 20.7. The molecule has 1 atom stereocenters. The van der Waals surface area contributed by atoms with Gasteiger partial charge in [-0.2, -0.15) is 23.1 Å². The minimum Gasteiger partial charge on any atom is -0.467 e. The van der Waals surface area contributed by atoms with Gasteiger partial charge in [0.15, 0.2) is 5.65 Å². The van der Waals surface area contributed by atoms with Crippen molar-refractivity contribution in [2.45, 2.75) is 38.7 Å². The van der Waals surface area contributed by atoms with Crippen molar-refractivity contribution in [3.05, 3.63) is 53.5 Å². The van der Waals surface area contributed by atoms with Gasteiger partial charge in [0.2, 0.25) is 11.9 Å². The molecule has 6 rings (SSSR count). The van der Waals surface area contributed by atoms with Crippen molar-refractivity contribution >= 4 is 28.7 Å². The Morgan fingerprint density at radius 2 is 1.74 bits per heavy atom. The maximum Gasteiger partial charge on any atom is 0.416 e. The number of hydrogen-bond donors (Lipinski definition) is 0. The number of benzene rings is 1. The van der Waals surface area contributed by atoms with Crippen LogP contribution < -0.4 is 19.3 Å². The number of carbonyl (C=O) groups is 1. The molecule has 1 saturated heterocycles. The van der Waals surface area contributed by atoms with Gasteiger partial charge in [0.25, 0.3) is 0 Å². The number of rotatable bonds is 6. The van der Waals surface area contributed by atoms with Crippen molar-refractivity contribution in [3.63, 3.8) is 0 Å². The molecule has 1 amide bonds. The summed E-state index contributed by atoms with van der Waals surface area (Å²) < 4.78 is 54.3. The Morgan fingerprint density at radius 3 is 2.44 bits per heavy atom. The molecule has 226 valence electrons. The third-order valence-electron chi connectivity index (χ3n) is 7.89. The highest BCUT2D eigenvalue weighted by atomic mass is 19.4. The predicted octanol–water partition coefficient (Wildman–Crippen LogP) is 2.95. The summed E-state index contributed by atoms with van der Waals surface area (Å²) >= 11 is 0. The molecular formula is C28H30F3N9O3. The Labute approximate surface area is 245 Å². The van der Waals surface area contributed by atoms with Crippen molar-refractivity contribution in [1.29, 1.82) is 0 Å². The first-order valence-electron chi connectivity index (χ1n) is 13.8. The number of aromatic nitrogens is 6. The van der Waals surface area contributed by atoms with Crippen molar-refractivity contribution in [2.75, 3.05) is 50.2 Å². The van der Waals surface area contributed by atoms with Crippen molar-refractivity contribution in [2.24, 2.45) is 0 Å². The molecule has 1 aromatic carbocycles. The number of anilines is 2. The summed E-state index contributed by atoms with van der Waals surface area (Å²) in [5, 5.41) is 0. The first-order valence-corrected chi connectivity index (χ1v) is 13.8. The standard InChI is InChI=1S/C28H30F3N9O3/c1-17-13-37(11-12-40(17)23(41)15-39-16-33-21-5-4-9-32-24(21)39)22-7-6-20(28(29,30)31)18-8-10-38(14-19(18)22)25-34-26(42-2)36-27(35-25)43-3/h4-7,9,16-17H,8,10-15H2,1-3H3. The lowest BCUT2D eigenvalue weighted by molar-refractivity contribution is -0.138. The normalized spacial score (nSPS) is 17.3. The molecule has 0 bridgehead atoms. The smallest absolute Gasteiger partial charge is 0.416 e. The number of fused-ring (bicyclic) bond motifs is 2. The number of pyridine rings is 1. The first kappa shape index (κ1) is 28.4. The summed E-state index contributed by atoms with van der Waals surface area (Å²) in [6.45, 7) is 3.80. The van der Waals surface area contributed by atoms with Gasteiger partial charge in [0, 0.05) is 50.6 Å². The van der Waals surface area contributed by atoms with Crippen LogP contribution in [0.15, 0.2) is 36.8 Å². The van der Waals surface area contributed by atoms with E-state index in [4.69, 9.17) is 9.47 Å². The van der Waals surface area contributed by atoms with Gasteiger partial charge in [0.1, 0.15) is 12.1 Å². The summed E-state index contributed by atoms with van der Waals surface area (Å²) in [7, 11) is 2.83. The van der Waals surface area contributed by atoms with E-state index >= 15 is 0 Å². The summed E-state index contributed by atoms with van der Waals surface area (Å²) in [6, 6.07) is 6.24. The third-order valence-corrected chi connectivity index (χ3v) is 7.89. The number of imidazole rings is 1. The van der Waals surface area contributed by atoms with E-state index in [-0.39, 0.29) is 61.5 Å². The van der Waals surface area contributed by atoms with Crippen LogP contribution in [0.3, 0.4) is 0 Å². The van der Waals surface area contributed by atoms with Crippen LogP contribution in [0.4, 0.5) is 24.8 Å². The van der Waals surface area contributed by atoms with Crippen LogP contribution >= 0.6 is 0 Å². The molecule has 0 radical (unpaired) electrons. The molecule has 0 aliphatic carbocycles. The molecule has 5 heterocycles. The van der Waals surface area contributed by atoms with E-state index in [9.17, 15) is 18.0 Å². The van der Waals surface area contributed by atoms with Gasteiger partial charge in [-0.3, -0.25) is 4.79 Å². The maximum atomic E-state index is 14.1. The molecule has 15 heteroatoms. The molecule has 2 aliphatic rings. The van der Waals surface area contributed by atoms with E-state index < -0.39 is 11.7 Å². The molecule has 3 aromatic heterocycles. The number of hydrogen-bond acceptors (Lipinski definition) is 10. The number of amides is 1. The molecule has 2 aliphatic heterocycles. The number of nitrogens with zero attached hydrogens (tertiary/aromatic N) is 9. The zero-order valence-corrected chi connectivity index (χ0v) is 23.9. The topological polar surface area (TPSA) is 115 Å². The summed E-state index contributed by atoms with van der Waals surface area (Å²) in [5.74, 6) is 0.179. The van der Waals surface area contributed by atoms with Crippen molar-refractivity contribution in [3.8, 4) is 12.0 Å². The van der Waals surface area contributed by atoms with Gasteiger partial charge in [-0.1, -0.05) is 0 Å². The lowest BCUT2D eigenvalue weighted by atomic mass is 9.91. The van der Waals surface area contributed by atoms with Crippen LogP contribution in [0.1, 0.15) is 23.6 Å². The molecule has 0 N–H and O–H groups in total. The zero-order valence-electron chi connectivity index (χ0n) is 23.9. The molecule has 4 aromatic rings. The lowest BCUT2D eigenvalue weighted by Crippen LogP contribution is -2.55. The van der Waals surface area contributed by atoms with Gasteiger partial charge in [-0.05, 0) is 48.7 Å². The highest BCUT2D eigenvalue weighted by Crippen LogP contribution is 2.40. The number of methoxy groups -OCH3 is 2. The molecule has 0 spiro atoms. The van der Waals surface area contributed by atoms with Crippen LogP contribution in [0.5, 0.6) is 12.0 Å². The zero-order chi connectivity index (χ0) is 30.3. The molecule has 0 saturated carbocycles. The van der Waals surface area contributed by atoms with Crippen molar-refractivity contribution < 1.29 is 27.4 Å². The van der Waals surface area contributed by atoms with E-state index in [1.165, 1.54) is 20.3 Å². The number of piperazine rings is 1. The molecule has 1 fully saturated rings.